The molecule has 1 N–H and O–H groups in total. The number of carbonyl (C=O) groups is 1. The zero-order chi connectivity index (χ0) is 14.0. The van der Waals surface area contributed by atoms with Gasteiger partial charge in [-0.3, -0.25) is 4.79 Å². The van der Waals surface area contributed by atoms with Gasteiger partial charge in [0.05, 0.1) is 10.8 Å². The average Bonchev–Trinajstić information content (AvgIpc) is 2.96. The van der Waals surface area contributed by atoms with Crippen molar-refractivity contribution in [2.24, 2.45) is 0 Å². The van der Waals surface area contributed by atoms with E-state index in [1.54, 1.807) is 11.8 Å². The summed E-state index contributed by atoms with van der Waals surface area (Å²) in [6.45, 7) is 4.82. The Morgan fingerprint density at radius 2 is 2.26 bits per heavy atom. The molecule has 0 aromatic carbocycles. The molecule has 1 amide bonds. The van der Waals surface area contributed by atoms with Gasteiger partial charge >= 0.3 is 0 Å². The highest BCUT2D eigenvalue weighted by Crippen LogP contribution is 2.21. The van der Waals surface area contributed by atoms with Gasteiger partial charge in [0.25, 0.3) is 5.91 Å². The van der Waals surface area contributed by atoms with Crippen molar-refractivity contribution >= 4 is 27.3 Å². The number of nitrogens with zero attached hydrogens (tertiary/aromatic N) is 1. The molecular formula is C12H18N2O3S2. The molecule has 7 heteroatoms. The fraction of sp³-hybridized carbons (Fsp3) is 0.583. The summed E-state index contributed by atoms with van der Waals surface area (Å²) in [5.74, 6) is -0.0621. The maximum absolute atomic E-state index is 12.3. The number of hydrogen-bond acceptors (Lipinski definition) is 4. The van der Waals surface area contributed by atoms with Gasteiger partial charge in [-0.1, -0.05) is 6.92 Å². The standard InChI is InChI=1S/C12H18N2O3S2/c1-3-13-19(16,17)10-4-5-14(6-10)12(15)11-8-18-7-9(11)2/h7-8,10,13H,3-6H2,1-2H3/t10-/m0/s1. The Kier molecular flexibility index (Phi) is 4.27. The maximum atomic E-state index is 12.3. The third-order valence-electron chi connectivity index (χ3n) is 3.30. The fourth-order valence-electron chi connectivity index (χ4n) is 2.23. The molecule has 1 aromatic rings. The van der Waals surface area contributed by atoms with Crippen LogP contribution in [0.4, 0.5) is 0 Å². The van der Waals surface area contributed by atoms with E-state index in [1.165, 1.54) is 11.3 Å². The molecule has 2 heterocycles. The van der Waals surface area contributed by atoms with Crippen LogP contribution in [-0.4, -0.2) is 44.1 Å². The Morgan fingerprint density at radius 1 is 1.53 bits per heavy atom. The van der Waals surface area contributed by atoms with Crippen LogP contribution in [0.3, 0.4) is 0 Å². The van der Waals surface area contributed by atoms with E-state index in [0.29, 0.717) is 25.1 Å². The zero-order valence-corrected chi connectivity index (χ0v) is 12.7. The van der Waals surface area contributed by atoms with Crippen LogP contribution < -0.4 is 4.72 Å². The van der Waals surface area contributed by atoms with E-state index in [1.807, 2.05) is 17.7 Å². The molecule has 1 fully saturated rings. The first-order valence-corrected chi connectivity index (χ1v) is 8.75. The van der Waals surface area contributed by atoms with Crippen molar-refractivity contribution in [3.05, 3.63) is 21.9 Å². The number of sulfonamides is 1. The average molecular weight is 302 g/mol. The van der Waals surface area contributed by atoms with Crippen LogP contribution in [0.5, 0.6) is 0 Å². The molecule has 0 bridgehead atoms. The van der Waals surface area contributed by atoms with E-state index in [4.69, 9.17) is 0 Å². The molecule has 0 unspecified atom stereocenters. The molecule has 2 rings (SSSR count). The van der Waals surface area contributed by atoms with Gasteiger partial charge in [-0.2, -0.15) is 11.3 Å². The quantitative estimate of drug-likeness (QED) is 0.909. The number of rotatable bonds is 4. The number of hydrogen-bond donors (Lipinski definition) is 1. The van der Waals surface area contributed by atoms with E-state index < -0.39 is 15.3 Å². The summed E-state index contributed by atoms with van der Waals surface area (Å²) in [7, 11) is -3.30. The molecule has 1 aliphatic rings. The molecule has 1 atom stereocenters. The minimum atomic E-state index is -3.30. The van der Waals surface area contributed by atoms with Crippen LogP contribution in [0.15, 0.2) is 10.8 Å². The van der Waals surface area contributed by atoms with Gasteiger partial charge in [-0.25, -0.2) is 13.1 Å². The van der Waals surface area contributed by atoms with Gasteiger partial charge in [0, 0.05) is 25.0 Å². The largest absolute Gasteiger partial charge is 0.337 e. The minimum Gasteiger partial charge on any atom is -0.337 e. The smallest absolute Gasteiger partial charge is 0.255 e. The van der Waals surface area contributed by atoms with Crippen LogP contribution in [0, 0.1) is 6.92 Å². The number of amides is 1. The van der Waals surface area contributed by atoms with Gasteiger partial charge < -0.3 is 4.90 Å². The van der Waals surface area contributed by atoms with Crippen LogP contribution >= 0.6 is 11.3 Å². The highest BCUT2D eigenvalue weighted by Gasteiger charge is 2.35. The van der Waals surface area contributed by atoms with E-state index >= 15 is 0 Å². The lowest BCUT2D eigenvalue weighted by atomic mass is 10.2. The molecule has 19 heavy (non-hydrogen) atoms. The van der Waals surface area contributed by atoms with Crippen LogP contribution in [-0.2, 0) is 10.0 Å². The zero-order valence-electron chi connectivity index (χ0n) is 11.0. The second-order valence-electron chi connectivity index (χ2n) is 4.67. The summed E-state index contributed by atoms with van der Waals surface area (Å²) in [6, 6.07) is 0. The highest BCUT2D eigenvalue weighted by molar-refractivity contribution is 7.90. The van der Waals surface area contributed by atoms with Gasteiger partial charge in [0.15, 0.2) is 0 Å². The summed E-state index contributed by atoms with van der Waals surface area (Å²) < 4.78 is 26.3. The number of thiophene rings is 1. The van der Waals surface area contributed by atoms with Crippen molar-refractivity contribution in [2.75, 3.05) is 19.6 Å². The Balaban J connectivity index is 2.07. The van der Waals surface area contributed by atoms with Gasteiger partial charge in [0.1, 0.15) is 0 Å². The van der Waals surface area contributed by atoms with Crippen molar-refractivity contribution in [3.63, 3.8) is 0 Å². The lowest BCUT2D eigenvalue weighted by molar-refractivity contribution is 0.0793. The van der Waals surface area contributed by atoms with Gasteiger partial charge in [-0.15, -0.1) is 0 Å². The molecule has 0 spiro atoms. The predicted molar refractivity (Wildman–Crippen MR) is 76.0 cm³/mol. The van der Waals surface area contributed by atoms with E-state index in [2.05, 4.69) is 4.72 Å². The number of aryl methyl sites for hydroxylation is 1. The first kappa shape index (κ1) is 14.5. The Hall–Kier alpha value is -0.920. The van der Waals surface area contributed by atoms with Crippen molar-refractivity contribution in [3.8, 4) is 0 Å². The Labute approximate surface area is 117 Å². The molecule has 1 aromatic heterocycles. The van der Waals surface area contributed by atoms with Crippen LogP contribution in [0.2, 0.25) is 0 Å². The SMILES string of the molecule is CCNS(=O)(=O)[C@H]1CCN(C(=O)c2cscc2C)C1. The molecule has 0 aliphatic carbocycles. The molecule has 1 saturated heterocycles. The summed E-state index contributed by atoms with van der Waals surface area (Å²) >= 11 is 1.49. The molecule has 0 saturated carbocycles. The minimum absolute atomic E-state index is 0.0621. The first-order valence-electron chi connectivity index (χ1n) is 6.26. The Bertz CT molecular complexity index is 565. The van der Waals surface area contributed by atoms with Crippen molar-refractivity contribution < 1.29 is 13.2 Å². The number of nitrogens with one attached hydrogen (secondary N) is 1. The fourth-order valence-corrected chi connectivity index (χ4v) is 4.49. The third-order valence-corrected chi connectivity index (χ3v) is 6.12. The third kappa shape index (κ3) is 2.98. The first-order chi connectivity index (χ1) is 8.95. The van der Waals surface area contributed by atoms with Crippen LogP contribution in [0.25, 0.3) is 0 Å². The van der Waals surface area contributed by atoms with E-state index in [-0.39, 0.29) is 12.5 Å². The summed E-state index contributed by atoms with van der Waals surface area (Å²) in [4.78, 5) is 13.9. The second kappa shape index (κ2) is 5.60. The number of carbonyl (C=O) groups excluding carboxylic acids is 1. The van der Waals surface area contributed by atoms with E-state index in [9.17, 15) is 13.2 Å². The number of likely N-dealkylation sites (tertiary alicyclic amines) is 1. The second-order valence-corrected chi connectivity index (χ2v) is 7.46. The maximum Gasteiger partial charge on any atom is 0.255 e. The van der Waals surface area contributed by atoms with Gasteiger partial charge in [0.2, 0.25) is 10.0 Å². The monoisotopic (exact) mass is 302 g/mol. The Morgan fingerprint density at radius 3 is 2.84 bits per heavy atom. The van der Waals surface area contributed by atoms with Crippen molar-refractivity contribution in [1.29, 1.82) is 0 Å². The summed E-state index contributed by atoms with van der Waals surface area (Å²) in [5, 5.41) is 3.26. The van der Waals surface area contributed by atoms with Crippen molar-refractivity contribution in [2.45, 2.75) is 25.5 Å². The van der Waals surface area contributed by atoms with Crippen molar-refractivity contribution in [1.82, 2.24) is 9.62 Å². The highest BCUT2D eigenvalue weighted by atomic mass is 32.2. The summed E-state index contributed by atoms with van der Waals surface area (Å²) in [5.41, 5.74) is 1.64. The molecular weight excluding hydrogens is 284 g/mol. The van der Waals surface area contributed by atoms with E-state index in [0.717, 1.165) is 5.56 Å². The lowest BCUT2D eigenvalue weighted by Gasteiger charge is -2.16. The van der Waals surface area contributed by atoms with Gasteiger partial charge in [-0.05, 0) is 24.3 Å². The molecule has 5 nitrogen and oxygen atoms in total. The lowest BCUT2D eigenvalue weighted by Crippen LogP contribution is -2.37. The molecule has 0 radical (unpaired) electrons. The molecule has 1 aliphatic heterocycles. The molecule has 106 valence electrons. The normalized spacial score (nSPS) is 19.9. The predicted octanol–water partition coefficient (Wildman–Crippen LogP) is 1.21. The summed E-state index contributed by atoms with van der Waals surface area (Å²) in [6.07, 6.45) is 0.504. The van der Waals surface area contributed by atoms with Crippen LogP contribution in [0.1, 0.15) is 29.3 Å². The topological polar surface area (TPSA) is 66.5 Å².